The van der Waals surface area contributed by atoms with Crippen LogP contribution in [0.2, 0.25) is 19.6 Å². The van der Waals surface area contributed by atoms with E-state index in [9.17, 15) is 0 Å². The van der Waals surface area contributed by atoms with Crippen LogP contribution in [0.4, 0.5) is 0 Å². The monoisotopic (exact) mass is 182 g/mol. The van der Waals surface area contributed by atoms with E-state index in [-0.39, 0.29) is 0 Å². The largest absolute Gasteiger partial charge is 0.374 e. The molecule has 1 heterocycles. The van der Waals surface area contributed by atoms with E-state index in [1.807, 2.05) is 0 Å². The molecule has 0 aromatic carbocycles. The molecule has 0 N–H and O–H groups in total. The van der Waals surface area contributed by atoms with Crippen LogP contribution >= 0.6 is 0 Å². The minimum absolute atomic E-state index is 0.516. The van der Waals surface area contributed by atoms with E-state index in [1.54, 1.807) is 0 Å². The van der Waals surface area contributed by atoms with Gasteiger partial charge in [0.25, 0.3) is 0 Å². The quantitative estimate of drug-likeness (QED) is 0.605. The van der Waals surface area contributed by atoms with Crippen molar-refractivity contribution in [1.29, 1.82) is 0 Å². The Balaban J connectivity index is 2.54. The van der Waals surface area contributed by atoms with Crippen LogP contribution in [0.15, 0.2) is 12.4 Å². The molecule has 0 saturated carbocycles. The highest BCUT2D eigenvalue weighted by Gasteiger charge is 2.27. The second-order valence-corrected chi connectivity index (χ2v) is 9.26. The van der Waals surface area contributed by atoms with Crippen molar-refractivity contribution < 1.29 is 0 Å². The van der Waals surface area contributed by atoms with Gasteiger partial charge in [-0.05, 0) is 13.8 Å². The van der Waals surface area contributed by atoms with E-state index in [2.05, 4.69) is 62.0 Å². The summed E-state index contributed by atoms with van der Waals surface area (Å²) in [6.45, 7) is 14.6. The lowest BCUT2D eigenvalue weighted by atomic mass is 10.4. The maximum absolute atomic E-state index is 3.35. The summed E-state index contributed by atoms with van der Waals surface area (Å²) in [6, 6.07) is 0.516. The van der Waals surface area contributed by atoms with Gasteiger partial charge in [-0.2, -0.15) is 0 Å². The van der Waals surface area contributed by atoms with E-state index in [0.29, 0.717) is 6.04 Å². The molecular weight excluding hydrogens is 164 g/mol. The van der Waals surface area contributed by atoms with Crippen LogP contribution in [-0.4, -0.2) is 23.7 Å². The molecular formula is C9H18N2Si. The lowest BCUT2D eigenvalue weighted by molar-refractivity contribution is 0.348. The molecule has 1 rings (SSSR count). The molecule has 12 heavy (non-hydrogen) atoms. The molecule has 0 aliphatic carbocycles. The third-order valence-corrected chi connectivity index (χ3v) is 3.57. The molecule has 2 radical (unpaired) electrons. The zero-order valence-electron chi connectivity index (χ0n) is 8.63. The minimum atomic E-state index is -1.22. The predicted octanol–water partition coefficient (Wildman–Crippen LogP) is 2.31. The van der Waals surface area contributed by atoms with Crippen LogP contribution in [0.3, 0.4) is 0 Å². The molecule has 0 fully saturated rings. The molecule has 0 unspecified atom stereocenters. The average molecular weight is 182 g/mol. The normalized spacial score (nSPS) is 18.2. The molecule has 1 aliphatic rings. The average Bonchev–Trinajstić information content (AvgIpc) is 2.30. The zero-order chi connectivity index (χ0) is 9.35. The van der Waals surface area contributed by atoms with Gasteiger partial charge in [-0.25, -0.2) is 0 Å². The number of hydrogen-bond donors (Lipinski definition) is 0. The summed E-state index contributed by atoms with van der Waals surface area (Å²) >= 11 is 0. The first-order valence-corrected chi connectivity index (χ1v) is 7.88. The van der Waals surface area contributed by atoms with Gasteiger partial charge >= 0.3 is 0 Å². The van der Waals surface area contributed by atoms with Crippen molar-refractivity contribution in [3.63, 3.8) is 0 Å². The van der Waals surface area contributed by atoms with Gasteiger partial charge in [0, 0.05) is 18.4 Å². The van der Waals surface area contributed by atoms with E-state index in [1.165, 1.54) is 0 Å². The number of hydrogen-bond acceptors (Lipinski definition) is 2. The summed E-state index contributed by atoms with van der Waals surface area (Å²) < 4.78 is 2.24. The van der Waals surface area contributed by atoms with Gasteiger partial charge in [0.15, 0.2) is 6.67 Å². The van der Waals surface area contributed by atoms with Gasteiger partial charge < -0.3 is 9.47 Å². The minimum Gasteiger partial charge on any atom is -0.374 e. The molecule has 0 saturated heterocycles. The van der Waals surface area contributed by atoms with Crippen molar-refractivity contribution >= 4 is 8.24 Å². The molecule has 0 aromatic rings. The van der Waals surface area contributed by atoms with Crippen LogP contribution in [0, 0.1) is 6.67 Å². The van der Waals surface area contributed by atoms with Gasteiger partial charge in [-0.15, -0.1) is 0 Å². The molecule has 0 amide bonds. The van der Waals surface area contributed by atoms with E-state index in [4.69, 9.17) is 0 Å². The van der Waals surface area contributed by atoms with Gasteiger partial charge in [-0.3, -0.25) is 0 Å². The van der Waals surface area contributed by atoms with E-state index in [0.717, 1.165) is 0 Å². The van der Waals surface area contributed by atoms with Gasteiger partial charge in [0.2, 0.25) is 0 Å². The Kier molecular flexibility index (Phi) is 2.51. The molecule has 0 bridgehead atoms. The van der Waals surface area contributed by atoms with Gasteiger partial charge in [-0.1, -0.05) is 19.6 Å². The summed E-state index contributed by atoms with van der Waals surface area (Å²) in [5, 5.41) is 0. The summed E-state index contributed by atoms with van der Waals surface area (Å²) in [5.41, 5.74) is 0. The van der Waals surface area contributed by atoms with Crippen LogP contribution < -0.4 is 0 Å². The molecule has 3 heteroatoms. The summed E-state index contributed by atoms with van der Waals surface area (Å²) in [6.07, 6.45) is 4.23. The zero-order valence-corrected chi connectivity index (χ0v) is 9.63. The third-order valence-electron chi connectivity index (χ3n) is 1.88. The second-order valence-electron chi connectivity index (χ2n) is 4.44. The Morgan fingerprint density at radius 1 is 1.17 bits per heavy atom. The Labute approximate surface area is 76.9 Å². The van der Waals surface area contributed by atoms with Crippen molar-refractivity contribution in [3.05, 3.63) is 19.1 Å². The maximum Gasteiger partial charge on any atom is 0.199 e. The maximum atomic E-state index is 3.35. The first kappa shape index (κ1) is 9.64. The lowest BCUT2D eigenvalue weighted by Crippen LogP contribution is -2.41. The first-order valence-electron chi connectivity index (χ1n) is 4.43. The first-order chi connectivity index (χ1) is 5.41. The SMILES string of the molecule is CC(C)N1[C]N([Si](C)(C)C)C=C1. The Morgan fingerprint density at radius 3 is 2.00 bits per heavy atom. The highest BCUT2D eigenvalue weighted by molar-refractivity contribution is 6.73. The highest BCUT2D eigenvalue weighted by Crippen LogP contribution is 2.21. The van der Waals surface area contributed by atoms with Crippen LogP contribution in [0.5, 0.6) is 0 Å². The van der Waals surface area contributed by atoms with Crippen LogP contribution in [0.1, 0.15) is 13.8 Å². The van der Waals surface area contributed by atoms with Crippen molar-refractivity contribution in [1.82, 2.24) is 9.47 Å². The second kappa shape index (κ2) is 3.13. The summed E-state index contributed by atoms with van der Waals surface area (Å²) in [7, 11) is -1.22. The third kappa shape index (κ3) is 2.03. The Morgan fingerprint density at radius 2 is 1.75 bits per heavy atom. The van der Waals surface area contributed by atoms with Crippen LogP contribution in [-0.2, 0) is 0 Å². The number of nitrogens with zero attached hydrogens (tertiary/aromatic N) is 2. The Hall–Kier alpha value is -0.443. The van der Waals surface area contributed by atoms with Crippen molar-refractivity contribution in [2.75, 3.05) is 0 Å². The van der Waals surface area contributed by atoms with E-state index >= 15 is 0 Å². The molecule has 0 aromatic heterocycles. The van der Waals surface area contributed by atoms with Crippen LogP contribution in [0.25, 0.3) is 0 Å². The van der Waals surface area contributed by atoms with Gasteiger partial charge in [0.05, 0.1) is 0 Å². The van der Waals surface area contributed by atoms with Crippen molar-refractivity contribution in [2.24, 2.45) is 0 Å². The predicted molar refractivity (Wildman–Crippen MR) is 54.5 cm³/mol. The van der Waals surface area contributed by atoms with Crippen molar-refractivity contribution in [2.45, 2.75) is 39.5 Å². The fourth-order valence-electron chi connectivity index (χ4n) is 0.991. The summed E-state index contributed by atoms with van der Waals surface area (Å²) in [5.74, 6) is 0. The fourth-order valence-corrected chi connectivity index (χ4v) is 1.92. The smallest absolute Gasteiger partial charge is 0.199 e. The van der Waals surface area contributed by atoms with Gasteiger partial charge in [0.1, 0.15) is 8.24 Å². The summed E-state index contributed by atoms with van der Waals surface area (Å²) in [4.78, 5) is 2.12. The molecule has 0 atom stereocenters. The van der Waals surface area contributed by atoms with Crippen molar-refractivity contribution in [3.8, 4) is 0 Å². The Bertz CT molecular complexity index is 181. The molecule has 1 aliphatic heterocycles. The molecule has 0 spiro atoms. The molecule has 2 nitrogen and oxygen atoms in total. The number of rotatable bonds is 2. The standard InChI is InChI=1S/C9H18N2Si/c1-9(2)10-6-7-11(8-10)12(3,4)5/h6-7,9H,1-5H3. The highest BCUT2D eigenvalue weighted by atomic mass is 28.3. The van der Waals surface area contributed by atoms with E-state index < -0.39 is 8.24 Å². The lowest BCUT2D eigenvalue weighted by Gasteiger charge is -2.30. The topological polar surface area (TPSA) is 6.48 Å². The fraction of sp³-hybridized carbons (Fsp3) is 0.667. The molecule has 68 valence electrons.